The number of hydrogen-bond donors (Lipinski definition) is 2. The lowest BCUT2D eigenvalue weighted by Gasteiger charge is -2.23. The van der Waals surface area contributed by atoms with E-state index in [9.17, 15) is 14.4 Å². The molecule has 1 fully saturated rings. The Balaban J connectivity index is 1.71. The molecular formula is C17H16ClN3O3S. The number of thiophene rings is 1. The molecule has 1 unspecified atom stereocenters. The zero-order chi connectivity index (χ0) is 18.0. The van der Waals surface area contributed by atoms with Gasteiger partial charge in [0.2, 0.25) is 5.91 Å². The Morgan fingerprint density at radius 3 is 2.72 bits per heavy atom. The number of carbonyl (C=O) groups is 3. The van der Waals surface area contributed by atoms with Crippen molar-refractivity contribution in [3.8, 4) is 0 Å². The van der Waals surface area contributed by atoms with Gasteiger partial charge in [-0.3, -0.25) is 14.5 Å². The topological polar surface area (TPSA) is 78.5 Å². The van der Waals surface area contributed by atoms with Crippen molar-refractivity contribution in [2.24, 2.45) is 0 Å². The molecule has 1 aromatic heterocycles. The Kier molecular flexibility index (Phi) is 4.78. The van der Waals surface area contributed by atoms with Gasteiger partial charge in [0.1, 0.15) is 12.1 Å². The summed E-state index contributed by atoms with van der Waals surface area (Å²) < 4.78 is 0. The molecule has 2 heterocycles. The highest BCUT2D eigenvalue weighted by Crippen LogP contribution is 2.33. The van der Waals surface area contributed by atoms with Crippen LogP contribution in [0.1, 0.15) is 17.4 Å². The normalized spacial score (nSPS) is 19.8. The zero-order valence-corrected chi connectivity index (χ0v) is 15.0. The molecule has 3 rings (SSSR count). The monoisotopic (exact) mass is 377 g/mol. The number of halogens is 1. The molecular weight excluding hydrogens is 362 g/mol. The van der Waals surface area contributed by atoms with Crippen LogP contribution in [0.3, 0.4) is 0 Å². The van der Waals surface area contributed by atoms with Crippen LogP contribution in [0.5, 0.6) is 0 Å². The Labute approximate surface area is 153 Å². The molecule has 0 spiro atoms. The van der Waals surface area contributed by atoms with Crippen LogP contribution in [0.2, 0.25) is 5.02 Å². The fourth-order valence-electron chi connectivity index (χ4n) is 2.69. The van der Waals surface area contributed by atoms with Crippen LogP contribution < -0.4 is 10.6 Å². The van der Waals surface area contributed by atoms with Crippen molar-refractivity contribution in [2.45, 2.75) is 19.0 Å². The van der Waals surface area contributed by atoms with Gasteiger partial charge >= 0.3 is 6.03 Å². The first-order chi connectivity index (χ1) is 11.9. The third-order valence-corrected chi connectivity index (χ3v) is 5.24. The molecule has 0 radical (unpaired) electrons. The van der Waals surface area contributed by atoms with Crippen LogP contribution in [0.4, 0.5) is 4.79 Å². The van der Waals surface area contributed by atoms with Crippen LogP contribution in [-0.2, 0) is 21.7 Å². The summed E-state index contributed by atoms with van der Waals surface area (Å²) in [5, 5.41) is 7.63. The van der Waals surface area contributed by atoms with E-state index in [-0.39, 0.29) is 6.54 Å². The van der Waals surface area contributed by atoms with E-state index in [0.29, 0.717) is 17.1 Å². The van der Waals surface area contributed by atoms with E-state index in [1.165, 1.54) is 11.3 Å². The second-order valence-corrected chi connectivity index (χ2v) is 7.22. The van der Waals surface area contributed by atoms with Crippen LogP contribution in [0, 0.1) is 0 Å². The van der Waals surface area contributed by atoms with Crippen LogP contribution in [0.25, 0.3) is 0 Å². The molecule has 1 atom stereocenters. The van der Waals surface area contributed by atoms with Gasteiger partial charge in [-0.1, -0.05) is 35.9 Å². The fraction of sp³-hybridized carbons (Fsp3) is 0.235. The van der Waals surface area contributed by atoms with Crippen molar-refractivity contribution in [3.05, 3.63) is 57.2 Å². The van der Waals surface area contributed by atoms with E-state index in [1.54, 1.807) is 31.2 Å². The fourth-order valence-corrected chi connectivity index (χ4v) is 3.66. The summed E-state index contributed by atoms with van der Waals surface area (Å²) in [4.78, 5) is 39.0. The van der Waals surface area contributed by atoms with E-state index in [0.717, 1.165) is 9.78 Å². The molecule has 2 aromatic rings. The maximum atomic E-state index is 12.8. The molecule has 6 nitrogen and oxygen atoms in total. The maximum absolute atomic E-state index is 12.8. The molecule has 4 amide bonds. The first kappa shape index (κ1) is 17.4. The number of nitrogens with zero attached hydrogens (tertiary/aromatic N) is 1. The highest BCUT2D eigenvalue weighted by atomic mass is 35.5. The predicted octanol–water partition coefficient (Wildman–Crippen LogP) is 2.48. The van der Waals surface area contributed by atoms with Crippen molar-refractivity contribution in [1.82, 2.24) is 15.5 Å². The summed E-state index contributed by atoms with van der Waals surface area (Å²) >= 11 is 7.69. The van der Waals surface area contributed by atoms with Crippen molar-refractivity contribution < 1.29 is 14.4 Å². The van der Waals surface area contributed by atoms with E-state index in [1.807, 2.05) is 17.5 Å². The van der Waals surface area contributed by atoms with Crippen molar-refractivity contribution in [3.63, 3.8) is 0 Å². The van der Waals surface area contributed by atoms with Crippen molar-refractivity contribution in [2.75, 3.05) is 6.54 Å². The van der Waals surface area contributed by atoms with Gasteiger partial charge in [0, 0.05) is 15.5 Å². The second kappa shape index (κ2) is 6.85. The number of urea groups is 1. The zero-order valence-electron chi connectivity index (χ0n) is 13.4. The Bertz CT molecular complexity index is 824. The average molecular weight is 378 g/mol. The summed E-state index contributed by atoms with van der Waals surface area (Å²) in [7, 11) is 0. The SMILES string of the molecule is CC1(c2ccccc2Cl)NC(=O)N(CC(=O)NCc2cccs2)C1=O. The summed E-state index contributed by atoms with van der Waals surface area (Å²) in [6, 6.07) is 9.98. The molecule has 2 N–H and O–H groups in total. The molecule has 1 aliphatic rings. The minimum atomic E-state index is -1.29. The van der Waals surface area contributed by atoms with Gasteiger partial charge < -0.3 is 10.6 Å². The summed E-state index contributed by atoms with van der Waals surface area (Å²) in [5.41, 5.74) is -0.791. The maximum Gasteiger partial charge on any atom is 0.325 e. The van der Waals surface area contributed by atoms with Gasteiger partial charge in [-0.15, -0.1) is 11.3 Å². The van der Waals surface area contributed by atoms with Crippen LogP contribution in [-0.4, -0.2) is 29.3 Å². The largest absolute Gasteiger partial charge is 0.350 e. The van der Waals surface area contributed by atoms with E-state index < -0.39 is 23.4 Å². The second-order valence-electron chi connectivity index (χ2n) is 5.78. The quantitative estimate of drug-likeness (QED) is 0.786. The first-order valence-electron chi connectivity index (χ1n) is 7.60. The highest BCUT2D eigenvalue weighted by molar-refractivity contribution is 7.09. The van der Waals surface area contributed by atoms with Gasteiger partial charge in [0.05, 0.1) is 6.54 Å². The summed E-state index contributed by atoms with van der Waals surface area (Å²) in [6.45, 7) is 1.61. The third kappa shape index (κ3) is 3.38. The average Bonchev–Trinajstić information content (AvgIpc) is 3.17. The predicted molar refractivity (Wildman–Crippen MR) is 95.2 cm³/mol. The number of hydrogen-bond acceptors (Lipinski definition) is 4. The van der Waals surface area contributed by atoms with E-state index in [4.69, 9.17) is 11.6 Å². The molecule has 1 aliphatic heterocycles. The van der Waals surface area contributed by atoms with E-state index in [2.05, 4.69) is 10.6 Å². The van der Waals surface area contributed by atoms with Gasteiger partial charge in [0.25, 0.3) is 5.91 Å². The van der Waals surface area contributed by atoms with Gasteiger partial charge in [-0.05, 0) is 24.4 Å². The molecule has 0 saturated carbocycles. The number of imide groups is 1. The molecule has 1 saturated heterocycles. The molecule has 0 aliphatic carbocycles. The molecule has 0 bridgehead atoms. The Morgan fingerprint density at radius 1 is 1.28 bits per heavy atom. The third-order valence-electron chi connectivity index (χ3n) is 4.03. The van der Waals surface area contributed by atoms with Crippen molar-refractivity contribution in [1.29, 1.82) is 0 Å². The number of amides is 4. The molecule has 130 valence electrons. The lowest BCUT2D eigenvalue weighted by atomic mass is 9.92. The summed E-state index contributed by atoms with van der Waals surface area (Å²) in [5.74, 6) is -0.905. The lowest BCUT2D eigenvalue weighted by molar-refractivity contribution is -0.134. The highest BCUT2D eigenvalue weighted by Gasteiger charge is 2.50. The molecule has 1 aromatic carbocycles. The Morgan fingerprint density at radius 2 is 2.04 bits per heavy atom. The number of rotatable bonds is 5. The minimum Gasteiger partial charge on any atom is -0.350 e. The number of benzene rings is 1. The summed E-state index contributed by atoms with van der Waals surface area (Å²) in [6.07, 6.45) is 0. The van der Waals surface area contributed by atoms with Gasteiger partial charge in [-0.25, -0.2) is 4.79 Å². The molecule has 25 heavy (non-hydrogen) atoms. The minimum absolute atomic E-state index is 0.337. The van der Waals surface area contributed by atoms with Gasteiger partial charge in [-0.2, -0.15) is 0 Å². The number of carbonyl (C=O) groups excluding carboxylic acids is 3. The van der Waals surface area contributed by atoms with Crippen molar-refractivity contribution >= 4 is 40.8 Å². The number of nitrogens with one attached hydrogen (secondary N) is 2. The first-order valence-corrected chi connectivity index (χ1v) is 8.86. The standard InChI is InChI=1S/C17H16ClN3O3S/c1-17(12-6-2-3-7-13(12)18)15(23)21(16(24)20-17)10-14(22)19-9-11-5-4-8-25-11/h2-8H,9-10H2,1H3,(H,19,22)(H,20,24). The lowest BCUT2D eigenvalue weighted by Crippen LogP contribution is -2.43. The Hall–Kier alpha value is -2.38. The van der Waals surface area contributed by atoms with E-state index >= 15 is 0 Å². The van der Waals surface area contributed by atoms with Crippen LogP contribution >= 0.6 is 22.9 Å². The molecule has 8 heteroatoms. The smallest absolute Gasteiger partial charge is 0.325 e. The van der Waals surface area contributed by atoms with Gasteiger partial charge in [0.15, 0.2) is 0 Å². The van der Waals surface area contributed by atoms with Crippen LogP contribution in [0.15, 0.2) is 41.8 Å².